The van der Waals surface area contributed by atoms with Crippen molar-refractivity contribution in [2.45, 2.75) is 19.9 Å². The van der Waals surface area contributed by atoms with Gasteiger partial charge in [-0.1, -0.05) is 12.1 Å². The van der Waals surface area contributed by atoms with Crippen LogP contribution in [0.4, 0.5) is 4.39 Å². The van der Waals surface area contributed by atoms with Crippen LogP contribution in [0.15, 0.2) is 29.6 Å². The Bertz CT molecular complexity index is 611. The summed E-state index contributed by atoms with van der Waals surface area (Å²) in [6.07, 6.45) is 0. The van der Waals surface area contributed by atoms with Crippen LogP contribution in [0.2, 0.25) is 0 Å². The third kappa shape index (κ3) is 3.54. The highest BCUT2D eigenvalue weighted by atomic mass is 127. The van der Waals surface area contributed by atoms with Crippen LogP contribution in [0.5, 0.6) is 0 Å². The SMILES string of the molecule is Cc1ccc(C(C)NC(=O)c2csc(I)c2)cc1F. The van der Waals surface area contributed by atoms with E-state index in [1.165, 1.54) is 17.4 Å². The van der Waals surface area contributed by atoms with Crippen LogP contribution in [0.1, 0.15) is 34.5 Å². The number of amides is 1. The molecular weight excluding hydrogens is 376 g/mol. The molecule has 1 atom stereocenters. The number of aryl methyl sites for hydroxylation is 1. The number of hydrogen-bond acceptors (Lipinski definition) is 2. The molecule has 1 amide bonds. The van der Waals surface area contributed by atoms with E-state index >= 15 is 0 Å². The van der Waals surface area contributed by atoms with Crippen LogP contribution in [0.3, 0.4) is 0 Å². The molecule has 0 bridgehead atoms. The third-order valence-corrected chi connectivity index (χ3v) is 4.66. The van der Waals surface area contributed by atoms with E-state index in [0.29, 0.717) is 11.1 Å². The molecule has 0 radical (unpaired) electrons. The first kappa shape index (κ1) is 14.5. The van der Waals surface area contributed by atoms with Crippen molar-refractivity contribution in [1.82, 2.24) is 5.32 Å². The first-order valence-electron chi connectivity index (χ1n) is 5.78. The maximum absolute atomic E-state index is 13.5. The predicted molar refractivity (Wildman–Crippen MR) is 84.1 cm³/mol. The predicted octanol–water partition coefficient (Wildman–Crippen LogP) is 4.29. The summed E-state index contributed by atoms with van der Waals surface area (Å²) in [7, 11) is 0. The number of carbonyl (C=O) groups is 1. The van der Waals surface area contributed by atoms with Gasteiger partial charge in [-0.2, -0.15) is 0 Å². The molecule has 1 heterocycles. The number of nitrogens with one attached hydrogen (secondary N) is 1. The van der Waals surface area contributed by atoms with Crippen LogP contribution in [-0.2, 0) is 0 Å². The molecule has 1 aromatic heterocycles. The Balaban J connectivity index is 2.10. The molecule has 0 fully saturated rings. The van der Waals surface area contributed by atoms with Crippen molar-refractivity contribution in [3.05, 3.63) is 55.0 Å². The number of halogens is 2. The molecule has 0 saturated carbocycles. The molecule has 19 heavy (non-hydrogen) atoms. The van der Waals surface area contributed by atoms with E-state index in [4.69, 9.17) is 0 Å². The van der Waals surface area contributed by atoms with E-state index in [2.05, 4.69) is 27.9 Å². The Kier molecular flexibility index (Phi) is 4.57. The van der Waals surface area contributed by atoms with Gasteiger partial charge in [-0.15, -0.1) is 11.3 Å². The van der Waals surface area contributed by atoms with E-state index < -0.39 is 0 Å². The number of carbonyl (C=O) groups excluding carboxylic acids is 1. The lowest BCUT2D eigenvalue weighted by molar-refractivity contribution is 0.0940. The molecule has 1 unspecified atom stereocenters. The summed E-state index contributed by atoms with van der Waals surface area (Å²) >= 11 is 3.70. The second-order valence-electron chi connectivity index (χ2n) is 4.34. The van der Waals surface area contributed by atoms with Crippen molar-refractivity contribution in [3.63, 3.8) is 0 Å². The van der Waals surface area contributed by atoms with Crippen LogP contribution >= 0.6 is 33.9 Å². The Morgan fingerprint density at radius 3 is 2.74 bits per heavy atom. The minimum atomic E-state index is -0.247. The summed E-state index contributed by atoms with van der Waals surface area (Å²) < 4.78 is 14.6. The van der Waals surface area contributed by atoms with Crippen molar-refractivity contribution < 1.29 is 9.18 Å². The normalized spacial score (nSPS) is 12.2. The minimum absolute atomic E-state index is 0.132. The zero-order valence-electron chi connectivity index (χ0n) is 10.5. The van der Waals surface area contributed by atoms with E-state index in [-0.39, 0.29) is 17.8 Å². The largest absolute Gasteiger partial charge is 0.345 e. The summed E-state index contributed by atoms with van der Waals surface area (Å²) in [5, 5.41) is 4.69. The quantitative estimate of drug-likeness (QED) is 0.780. The van der Waals surface area contributed by atoms with Crippen molar-refractivity contribution in [2.24, 2.45) is 0 Å². The van der Waals surface area contributed by atoms with Gasteiger partial charge in [-0.3, -0.25) is 4.79 Å². The highest BCUT2D eigenvalue weighted by Crippen LogP contribution is 2.19. The van der Waals surface area contributed by atoms with Crippen molar-refractivity contribution >= 4 is 39.8 Å². The molecule has 100 valence electrons. The Morgan fingerprint density at radius 2 is 2.16 bits per heavy atom. The molecule has 0 spiro atoms. The lowest BCUT2D eigenvalue weighted by Crippen LogP contribution is -2.26. The summed E-state index contributed by atoms with van der Waals surface area (Å²) in [6, 6.07) is 6.64. The lowest BCUT2D eigenvalue weighted by atomic mass is 10.1. The molecule has 1 N–H and O–H groups in total. The molecule has 2 nitrogen and oxygen atoms in total. The summed E-state index contributed by atoms with van der Waals surface area (Å²) in [5.74, 6) is -0.378. The van der Waals surface area contributed by atoms with Crippen LogP contribution in [0, 0.1) is 15.6 Å². The summed E-state index contributed by atoms with van der Waals surface area (Å²) in [6.45, 7) is 3.56. The second-order valence-corrected chi connectivity index (χ2v) is 7.15. The topological polar surface area (TPSA) is 29.1 Å². The maximum atomic E-state index is 13.5. The monoisotopic (exact) mass is 389 g/mol. The van der Waals surface area contributed by atoms with Gasteiger partial charge in [0.1, 0.15) is 5.82 Å². The van der Waals surface area contributed by atoms with Crippen LogP contribution < -0.4 is 5.32 Å². The molecule has 1 aromatic carbocycles. The average Bonchev–Trinajstić information content (AvgIpc) is 2.79. The molecule has 0 aliphatic rings. The minimum Gasteiger partial charge on any atom is -0.345 e. The number of thiophene rings is 1. The Morgan fingerprint density at radius 1 is 1.42 bits per heavy atom. The molecular formula is C14H13FINOS. The molecule has 0 saturated heterocycles. The standard InChI is InChI=1S/C14H13FINOS/c1-8-3-4-10(5-12(8)15)9(2)17-14(18)11-6-13(16)19-7-11/h3-7,9H,1-2H3,(H,17,18). The van der Waals surface area contributed by atoms with Gasteiger partial charge in [-0.25, -0.2) is 4.39 Å². The molecule has 5 heteroatoms. The maximum Gasteiger partial charge on any atom is 0.252 e. The number of benzene rings is 1. The Labute approximate surface area is 129 Å². The highest BCUT2D eigenvalue weighted by Gasteiger charge is 2.13. The smallest absolute Gasteiger partial charge is 0.252 e. The van der Waals surface area contributed by atoms with Gasteiger partial charge in [0, 0.05) is 5.38 Å². The van der Waals surface area contributed by atoms with Crippen molar-refractivity contribution in [2.75, 3.05) is 0 Å². The zero-order chi connectivity index (χ0) is 14.0. The Hall–Kier alpha value is -0.950. The first-order valence-corrected chi connectivity index (χ1v) is 7.74. The van der Waals surface area contributed by atoms with Gasteiger partial charge < -0.3 is 5.32 Å². The molecule has 2 aromatic rings. The van der Waals surface area contributed by atoms with E-state index in [1.54, 1.807) is 13.0 Å². The number of rotatable bonds is 3. The van der Waals surface area contributed by atoms with Gasteiger partial charge in [0.2, 0.25) is 0 Å². The fourth-order valence-corrected chi connectivity index (χ4v) is 3.00. The average molecular weight is 389 g/mol. The molecule has 0 aliphatic heterocycles. The highest BCUT2D eigenvalue weighted by molar-refractivity contribution is 14.1. The fraction of sp³-hybridized carbons (Fsp3) is 0.214. The first-order chi connectivity index (χ1) is 8.97. The second kappa shape index (κ2) is 6.00. The summed E-state index contributed by atoms with van der Waals surface area (Å²) in [5.41, 5.74) is 2.02. The van der Waals surface area contributed by atoms with Crippen LogP contribution in [0.25, 0.3) is 0 Å². The number of hydrogen-bond donors (Lipinski definition) is 1. The fourth-order valence-electron chi connectivity index (χ4n) is 1.67. The van der Waals surface area contributed by atoms with Crippen molar-refractivity contribution in [3.8, 4) is 0 Å². The van der Waals surface area contributed by atoms with Gasteiger partial charge in [0.25, 0.3) is 5.91 Å². The molecule has 0 aliphatic carbocycles. The van der Waals surface area contributed by atoms with E-state index in [1.807, 2.05) is 24.4 Å². The van der Waals surface area contributed by atoms with Gasteiger partial charge in [0.05, 0.1) is 14.5 Å². The van der Waals surface area contributed by atoms with Crippen molar-refractivity contribution in [1.29, 1.82) is 0 Å². The third-order valence-electron chi connectivity index (χ3n) is 2.87. The zero-order valence-corrected chi connectivity index (χ0v) is 13.5. The molecule has 2 rings (SSSR count). The van der Waals surface area contributed by atoms with Gasteiger partial charge in [0.15, 0.2) is 0 Å². The van der Waals surface area contributed by atoms with Gasteiger partial charge in [-0.05, 0) is 59.7 Å². The van der Waals surface area contributed by atoms with Gasteiger partial charge >= 0.3 is 0 Å². The van der Waals surface area contributed by atoms with E-state index in [0.717, 1.165) is 8.45 Å². The lowest BCUT2D eigenvalue weighted by Gasteiger charge is -2.14. The van der Waals surface area contributed by atoms with Crippen LogP contribution in [-0.4, -0.2) is 5.91 Å². The summed E-state index contributed by atoms with van der Waals surface area (Å²) in [4.78, 5) is 12.0. The van der Waals surface area contributed by atoms with E-state index in [9.17, 15) is 9.18 Å².